The summed E-state index contributed by atoms with van der Waals surface area (Å²) in [4.78, 5) is 10.0. The smallest absolute Gasteiger partial charge is 0.142 e. The van der Waals surface area contributed by atoms with Gasteiger partial charge in [-0.15, -0.1) is 0 Å². The third kappa shape index (κ3) is 2.33. The summed E-state index contributed by atoms with van der Waals surface area (Å²) >= 11 is 0. The largest absolute Gasteiger partial charge is 0.507 e. The van der Waals surface area contributed by atoms with Crippen molar-refractivity contribution in [3.8, 4) is 11.5 Å². The molecule has 0 saturated heterocycles. The second kappa shape index (κ2) is 4.30. The van der Waals surface area contributed by atoms with E-state index in [0.717, 1.165) is 0 Å². The molecule has 0 aliphatic heterocycles. The molecule has 1 aromatic rings. The summed E-state index contributed by atoms with van der Waals surface area (Å²) in [5.74, 6) is 0.766. The average Bonchev–Trinajstić information content (AvgIpc) is 2.17. The van der Waals surface area contributed by atoms with Crippen LogP contribution in [0.4, 0.5) is 0 Å². The van der Waals surface area contributed by atoms with Gasteiger partial charge >= 0.3 is 0 Å². The highest BCUT2D eigenvalue weighted by Crippen LogP contribution is 2.23. The van der Waals surface area contributed by atoms with Crippen molar-refractivity contribution in [2.45, 2.75) is 0 Å². The lowest BCUT2D eigenvalue weighted by atomic mass is 10.2. The number of hydrogen-bond acceptors (Lipinski definition) is 3. The maximum Gasteiger partial charge on any atom is 0.142 e. The molecular weight excluding hydrogens is 168 g/mol. The van der Waals surface area contributed by atoms with Gasteiger partial charge in [0.15, 0.2) is 0 Å². The van der Waals surface area contributed by atoms with Gasteiger partial charge < -0.3 is 9.84 Å². The molecule has 1 aromatic carbocycles. The zero-order valence-corrected chi connectivity index (χ0v) is 7.23. The molecule has 68 valence electrons. The van der Waals surface area contributed by atoms with E-state index in [1.807, 2.05) is 0 Å². The van der Waals surface area contributed by atoms with E-state index in [0.29, 0.717) is 17.6 Å². The summed E-state index contributed by atoms with van der Waals surface area (Å²) in [7, 11) is 1.54. The van der Waals surface area contributed by atoms with Crippen LogP contribution in [0.25, 0.3) is 6.08 Å². The van der Waals surface area contributed by atoms with Crippen molar-refractivity contribution in [3.63, 3.8) is 0 Å². The highest BCUT2D eigenvalue weighted by molar-refractivity contribution is 5.75. The fourth-order valence-electron chi connectivity index (χ4n) is 0.936. The van der Waals surface area contributed by atoms with Crippen LogP contribution in [0, 0.1) is 0 Å². The van der Waals surface area contributed by atoms with E-state index in [1.165, 1.54) is 18.2 Å². The van der Waals surface area contributed by atoms with E-state index < -0.39 is 0 Å². The first-order chi connectivity index (χ1) is 6.27. The first kappa shape index (κ1) is 9.32. The Kier molecular flexibility index (Phi) is 3.09. The highest BCUT2D eigenvalue weighted by Gasteiger charge is 1.98. The monoisotopic (exact) mass is 178 g/mol. The zero-order chi connectivity index (χ0) is 9.68. The summed E-state index contributed by atoms with van der Waals surface area (Å²) < 4.78 is 4.96. The van der Waals surface area contributed by atoms with Crippen molar-refractivity contribution in [1.29, 1.82) is 0 Å². The Morgan fingerprint density at radius 2 is 2.23 bits per heavy atom. The number of methoxy groups -OCH3 is 1. The number of aromatic hydroxyl groups is 1. The van der Waals surface area contributed by atoms with Crippen LogP contribution in [0.5, 0.6) is 11.5 Å². The van der Waals surface area contributed by atoms with Gasteiger partial charge in [-0.3, -0.25) is 4.79 Å². The van der Waals surface area contributed by atoms with Crippen LogP contribution in [0.3, 0.4) is 0 Å². The molecule has 3 nitrogen and oxygen atoms in total. The molecule has 0 aliphatic carbocycles. The van der Waals surface area contributed by atoms with Gasteiger partial charge in [0.05, 0.1) is 7.11 Å². The number of carbonyl (C=O) groups excluding carboxylic acids is 1. The van der Waals surface area contributed by atoms with Crippen LogP contribution in [-0.4, -0.2) is 18.5 Å². The SMILES string of the molecule is COc1ccc(O)c(/C=C/C=O)c1. The van der Waals surface area contributed by atoms with Crippen molar-refractivity contribution >= 4 is 12.4 Å². The zero-order valence-electron chi connectivity index (χ0n) is 7.23. The number of phenols is 1. The Morgan fingerprint density at radius 3 is 2.85 bits per heavy atom. The molecule has 0 fully saturated rings. The molecule has 0 atom stereocenters. The number of allylic oxidation sites excluding steroid dienone is 1. The van der Waals surface area contributed by atoms with Crippen LogP contribution >= 0.6 is 0 Å². The van der Waals surface area contributed by atoms with E-state index in [-0.39, 0.29) is 5.75 Å². The number of aldehydes is 1. The lowest BCUT2D eigenvalue weighted by Crippen LogP contribution is -1.83. The third-order valence-corrected chi connectivity index (χ3v) is 1.59. The standard InChI is InChI=1S/C10H10O3/c1-13-9-4-5-10(12)8(7-9)3-2-6-11/h2-7,12H,1H3/b3-2+. The first-order valence-corrected chi connectivity index (χ1v) is 3.77. The Labute approximate surface area is 76.3 Å². The van der Waals surface area contributed by atoms with Crippen molar-refractivity contribution in [1.82, 2.24) is 0 Å². The number of benzene rings is 1. The Bertz CT molecular complexity index is 329. The van der Waals surface area contributed by atoms with Crippen LogP contribution in [0.15, 0.2) is 24.3 Å². The maximum atomic E-state index is 10.0. The van der Waals surface area contributed by atoms with Crippen LogP contribution in [0.1, 0.15) is 5.56 Å². The molecule has 0 saturated carbocycles. The van der Waals surface area contributed by atoms with E-state index in [9.17, 15) is 9.90 Å². The van der Waals surface area contributed by atoms with Gasteiger partial charge in [-0.2, -0.15) is 0 Å². The Hall–Kier alpha value is -1.77. The molecule has 0 bridgehead atoms. The summed E-state index contributed by atoms with van der Waals surface area (Å²) in [6.45, 7) is 0. The molecule has 0 aromatic heterocycles. The minimum Gasteiger partial charge on any atom is -0.507 e. The fraction of sp³-hybridized carbons (Fsp3) is 0.100. The minimum atomic E-state index is 0.124. The molecule has 3 heteroatoms. The third-order valence-electron chi connectivity index (χ3n) is 1.59. The van der Waals surface area contributed by atoms with E-state index in [1.54, 1.807) is 19.2 Å². The number of rotatable bonds is 3. The number of phenolic OH excluding ortho intramolecular Hbond substituents is 1. The van der Waals surface area contributed by atoms with Crippen LogP contribution < -0.4 is 4.74 Å². The normalized spacial score (nSPS) is 10.2. The predicted molar refractivity (Wildman–Crippen MR) is 49.8 cm³/mol. The summed E-state index contributed by atoms with van der Waals surface area (Å²) in [5, 5.41) is 9.33. The van der Waals surface area contributed by atoms with Gasteiger partial charge in [0.2, 0.25) is 0 Å². The highest BCUT2D eigenvalue weighted by atomic mass is 16.5. The van der Waals surface area contributed by atoms with Gasteiger partial charge in [-0.05, 0) is 30.4 Å². The van der Waals surface area contributed by atoms with Gasteiger partial charge in [-0.25, -0.2) is 0 Å². The molecular formula is C10H10O3. The Balaban J connectivity index is 3.03. The number of carbonyl (C=O) groups is 1. The van der Waals surface area contributed by atoms with E-state index in [4.69, 9.17) is 4.74 Å². The lowest BCUT2D eigenvalue weighted by Gasteiger charge is -2.02. The summed E-state index contributed by atoms with van der Waals surface area (Å²) in [6, 6.07) is 4.81. The molecule has 13 heavy (non-hydrogen) atoms. The second-order valence-electron chi connectivity index (χ2n) is 2.42. The number of hydrogen-bond donors (Lipinski definition) is 1. The molecule has 0 aliphatic rings. The topological polar surface area (TPSA) is 46.5 Å². The predicted octanol–water partition coefficient (Wildman–Crippen LogP) is 1.61. The fourth-order valence-corrected chi connectivity index (χ4v) is 0.936. The van der Waals surface area contributed by atoms with Crippen LogP contribution in [0.2, 0.25) is 0 Å². The van der Waals surface area contributed by atoms with Crippen molar-refractivity contribution < 1.29 is 14.6 Å². The van der Waals surface area contributed by atoms with E-state index >= 15 is 0 Å². The van der Waals surface area contributed by atoms with Gasteiger partial charge in [-0.1, -0.05) is 0 Å². The number of ether oxygens (including phenoxy) is 1. The van der Waals surface area contributed by atoms with Gasteiger partial charge in [0.1, 0.15) is 17.8 Å². The molecule has 1 rings (SSSR count). The van der Waals surface area contributed by atoms with Crippen molar-refractivity contribution in [2.75, 3.05) is 7.11 Å². The van der Waals surface area contributed by atoms with Gasteiger partial charge in [0, 0.05) is 5.56 Å². The van der Waals surface area contributed by atoms with Crippen molar-refractivity contribution in [3.05, 3.63) is 29.8 Å². The molecule has 0 unspecified atom stereocenters. The minimum absolute atomic E-state index is 0.124. The van der Waals surface area contributed by atoms with E-state index in [2.05, 4.69) is 0 Å². The van der Waals surface area contributed by atoms with Crippen molar-refractivity contribution in [2.24, 2.45) is 0 Å². The molecule has 0 heterocycles. The maximum absolute atomic E-state index is 10.0. The van der Waals surface area contributed by atoms with Gasteiger partial charge in [0.25, 0.3) is 0 Å². The average molecular weight is 178 g/mol. The molecule has 0 amide bonds. The quantitative estimate of drug-likeness (QED) is 0.565. The van der Waals surface area contributed by atoms with Crippen LogP contribution in [-0.2, 0) is 4.79 Å². The molecule has 0 spiro atoms. The molecule has 1 N–H and O–H groups in total. The summed E-state index contributed by atoms with van der Waals surface area (Å²) in [6.07, 6.45) is 3.48. The summed E-state index contributed by atoms with van der Waals surface area (Å²) in [5.41, 5.74) is 0.562. The Morgan fingerprint density at radius 1 is 1.46 bits per heavy atom. The molecule has 0 radical (unpaired) electrons. The lowest BCUT2D eigenvalue weighted by molar-refractivity contribution is -0.104. The second-order valence-corrected chi connectivity index (χ2v) is 2.42. The first-order valence-electron chi connectivity index (χ1n) is 3.77.